The summed E-state index contributed by atoms with van der Waals surface area (Å²) in [5.41, 5.74) is 1.87. The molecule has 686 valence electrons. The molecule has 0 radical (unpaired) electrons. The average molecular weight is 1890 g/mol. The highest BCUT2D eigenvalue weighted by Gasteiger charge is 2.35. The van der Waals surface area contributed by atoms with Gasteiger partial charge in [0, 0.05) is 108 Å². The van der Waals surface area contributed by atoms with Gasteiger partial charge in [-0.3, -0.25) is 14.4 Å². The Bertz CT molecular complexity index is 5930. The SMILES string of the molecule is CC(=O)c1cc(-c2ccccc2C#N)c(F)c(C(C)(C)C)c1.CC(=O)c1cc(-c2ccccc2Cl)c(F)c(C(C)(C)C)c1.CC(=O)c1cc(-c2ccccc2F)c(F)c(C(C)(C)C)c1.CC(C)(C)c1cccc(-c2cc(OC(F)(F)F)ccc2Cl)c1F.CC(C)(C)c1cccc(-c2cc(SC(F)(F)F)ccc2Cl)c1F.COc1ccc(Cl)c(-c2cccc(C(C)(C)C)c2F)c1. The molecule has 0 atom stereocenters. The van der Waals surface area contributed by atoms with Crippen molar-refractivity contribution in [1.29, 1.82) is 5.26 Å². The van der Waals surface area contributed by atoms with Crippen LogP contribution < -0.4 is 9.47 Å². The summed E-state index contributed by atoms with van der Waals surface area (Å²) in [5.74, 6) is -3.04. The standard InChI is InChI=1S/C19H18FNO.C18H18ClFO.C18H18F2O.C17H15ClF4O.C17H15ClF4S.C17H18ClFO/c1-12(22)14-9-16(15-8-6-5-7-13(15)11-21)18(20)17(10-14)19(2,3)4;2*1-11(21)12-9-14(13-7-5-6-8-16(13)19)17(20)15(10-12)18(2,3)4;2*1-16(2,3)13-6-4-5-11(15(13)19)12-9-10(7-8-14(12)18)23-17(20,21)22;1-17(2,3)14-7-5-6-12(16(14)19)13-10-11(20-4)8-9-15(13)18/h5-10H,1-4H3;2*5-10H,1-4H3;2*4-9H,1-3H3;5-10H,1-4H3. The average Bonchev–Trinajstić information content (AvgIpc) is 0.800. The Morgan fingerprint density at radius 2 is 0.600 bits per heavy atom. The van der Waals surface area contributed by atoms with Crippen molar-refractivity contribution in [2.45, 2.75) is 195 Å². The number of carbonyl (C=O) groups is 3. The summed E-state index contributed by atoms with van der Waals surface area (Å²) in [4.78, 5) is 35.2. The van der Waals surface area contributed by atoms with Crippen molar-refractivity contribution in [3.05, 3.63) is 335 Å². The first kappa shape index (κ1) is 106. The van der Waals surface area contributed by atoms with E-state index in [0.717, 1.165) is 12.1 Å². The van der Waals surface area contributed by atoms with Crippen molar-refractivity contribution < 1.29 is 80.9 Å². The van der Waals surface area contributed by atoms with Crippen LogP contribution in [0.3, 0.4) is 0 Å². The molecular weight excluding hydrogens is 1790 g/mol. The van der Waals surface area contributed by atoms with Gasteiger partial charge >= 0.3 is 11.9 Å². The molecule has 0 aliphatic heterocycles. The predicted molar refractivity (Wildman–Crippen MR) is 503 cm³/mol. The minimum Gasteiger partial charge on any atom is -0.497 e. The zero-order valence-corrected chi connectivity index (χ0v) is 79.9. The summed E-state index contributed by atoms with van der Waals surface area (Å²) in [5, 5.41) is 10.6. The number of ether oxygens (including phenoxy) is 2. The van der Waals surface area contributed by atoms with Gasteiger partial charge < -0.3 is 9.47 Å². The third kappa shape index (κ3) is 28.2. The summed E-state index contributed by atoms with van der Waals surface area (Å²) in [6.45, 7) is 38.5. The first-order valence-electron chi connectivity index (χ1n) is 40.9. The van der Waals surface area contributed by atoms with Crippen molar-refractivity contribution in [3.63, 3.8) is 0 Å². The molecule has 0 aromatic heterocycles. The number of Topliss-reactive ketones (excluding diaryl/α,β-unsaturated/α-hetero) is 3. The van der Waals surface area contributed by atoms with Gasteiger partial charge in [0.1, 0.15) is 52.2 Å². The number of benzene rings is 12. The maximum absolute atomic E-state index is 15.0. The van der Waals surface area contributed by atoms with E-state index in [1.807, 2.05) is 137 Å². The minimum atomic E-state index is -4.82. The highest BCUT2D eigenvalue weighted by atomic mass is 35.5. The number of hydrogen-bond acceptors (Lipinski definition) is 7. The quantitative estimate of drug-likeness (QED) is 0.0683. The van der Waals surface area contributed by atoms with Crippen LogP contribution in [0.5, 0.6) is 11.5 Å². The van der Waals surface area contributed by atoms with Crippen LogP contribution in [-0.2, 0) is 32.5 Å². The summed E-state index contributed by atoms with van der Waals surface area (Å²) in [7, 11) is 1.58. The lowest BCUT2D eigenvalue weighted by Crippen LogP contribution is -2.17. The molecule has 6 nitrogen and oxygen atoms in total. The molecule has 0 aliphatic carbocycles. The first-order valence-corrected chi connectivity index (χ1v) is 43.2. The fraction of sp³-hybridized carbons (Fsp3) is 0.283. The fourth-order valence-corrected chi connectivity index (χ4v) is 15.0. The number of alkyl halides is 6. The van der Waals surface area contributed by atoms with Gasteiger partial charge in [-0.05, 0) is 208 Å². The zero-order valence-electron chi connectivity index (χ0n) is 76.1. The number of hydrogen-bond donors (Lipinski definition) is 0. The van der Waals surface area contributed by atoms with Crippen molar-refractivity contribution in [3.8, 4) is 84.3 Å². The number of halogens is 17. The van der Waals surface area contributed by atoms with E-state index in [0.29, 0.717) is 105 Å². The number of carbonyl (C=O) groups excluding carboxylic acids is 3. The van der Waals surface area contributed by atoms with Gasteiger partial charge in [-0.15, -0.1) is 13.2 Å². The number of nitrogens with zero attached hydrogens (tertiary/aromatic N) is 1. The molecule has 0 unspecified atom stereocenters. The molecule has 12 aromatic carbocycles. The van der Waals surface area contributed by atoms with Gasteiger partial charge in [0.25, 0.3) is 0 Å². The Morgan fingerprint density at radius 3 is 0.938 bits per heavy atom. The molecule has 0 heterocycles. The third-order valence-electron chi connectivity index (χ3n) is 20.3. The van der Waals surface area contributed by atoms with Crippen molar-refractivity contribution in [2.24, 2.45) is 0 Å². The van der Waals surface area contributed by atoms with E-state index in [1.165, 1.54) is 81.4 Å². The minimum absolute atomic E-state index is 0.0301. The summed E-state index contributed by atoms with van der Waals surface area (Å²) >= 11 is 24.3. The van der Waals surface area contributed by atoms with Crippen LogP contribution in [0.4, 0.5) is 57.1 Å². The maximum atomic E-state index is 15.0. The lowest BCUT2D eigenvalue weighted by Gasteiger charge is -2.22. The van der Waals surface area contributed by atoms with Crippen molar-refractivity contribution in [1.82, 2.24) is 0 Å². The Balaban J connectivity index is 0.000000214. The highest BCUT2D eigenvalue weighted by molar-refractivity contribution is 8.00. The van der Waals surface area contributed by atoms with Crippen molar-refractivity contribution >= 4 is 75.5 Å². The van der Waals surface area contributed by atoms with Crippen LogP contribution in [0.2, 0.25) is 20.1 Å². The number of ketones is 3. The van der Waals surface area contributed by atoms with Crippen LogP contribution in [0.15, 0.2) is 223 Å². The van der Waals surface area contributed by atoms with Gasteiger partial charge in [-0.1, -0.05) is 280 Å². The van der Waals surface area contributed by atoms with E-state index in [-0.39, 0.29) is 100 Å². The Kier molecular flexibility index (Phi) is 35.3. The molecule has 130 heavy (non-hydrogen) atoms. The van der Waals surface area contributed by atoms with Gasteiger partial charge in [0.15, 0.2) is 17.3 Å². The van der Waals surface area contributed by atoms with Crippen LogP contribution in [0.1, 0.15) is 215 Å². The molecule has 0 aliphatic rings. The lowest BCUT2D eigenvalue weighted by atomic mass is 9.82. The van der Waals surface area contributed by atoms with Gasteiger partial charge in [-0.2, -0.15) is 18.4 Å². The van der Waals surface area contributed by atoms with E-state index in [9.17, 15) is 76.7 Å². The Morgan fingerprint density at radius 1 is 0.308 bits per heavy atom. The molecule has 12 rings (SSSR count). The van der Waals surface area contributed by atoms with E-state index >= 15 is 0 Å². The molecule has 0 spiro atoms. The second kappa shape index (κ2) is 43.1. The molecule has 24 heteroatoms. The summed E-state index contributed by atoms with van der Waals surface area (Å²) in [6.07, 6.45) is -4.82. The van der Waals surface area contributed by atoms with E-state index in [2.05, 4.69) is 10.8 Å². The molecular formula is C106H102Cl4F13NO5S. The second-order valence-electron chi connectivity index (χ2n) is 36.7. The monoisotopic (exact) mass is 1890 g/mol. The fourth-order valence-electron chi connectivity index (χ4n) is 13.5. The smallest absolute Gasteiger partial charge is 0.497 e. The predicted octanol–water partition coefficient (Wildman–Crippen LogP) is 34.5. The Labute approximate surface area is 777 Å². The van der Waals surface area contributed by atoms with Gasteiger partial charge in [0.05, 0.1) is 18.7 Å². The molecule has 0 saturated carbocycles. The molecule has 12 aromatic rings. The third-order valence-corrected chi connectivity index (χ3v) is 22.4. The largest absolute Gasteiger partial charge is 0.573 e. The van der Waals surface area contributed by atoms with E-state index in [4.69, 9.17) is 51.1 Å². The number of nitriles is 1. The van der Waals surface area contributed by atoms with Gasteiger partial charge in [-0.25, -0.2) is 30.7 Å². The lowest BCUT2D eigenvalue weighted by molar-refractivity contribution is -0.274. The van der Waals surface area contributed by atoms with Crippen molar-refractivity contribution in [2.75, 3.05) is 7.11 Å². The second-order valence-corrected chi connectivity index (χ2v) is 39.4. The number of rotatable bonds is 12. The maximum Gasteiger partial charge on any atom is 0.573 e. The van der Waals surface area contributed by atoms with E-state index in [1.54, 1.807) is 141 Å². The highest BCUT2D eigenvalue weighted by Crippen LogP contribution is 2.46. The normalized spacial score (nSPS) is 11.8. The first-order chi connectivity index (χ1) is 60.0. The molecule has 0 N–H and O–H groups in total. The molecule has 0 amide bonds. The van der Waals surface area contributed by atoms with Crippen LogP contribution >= 0.6 is 58.2 Å². The molecule has 0 fully saturated rings. The summed E-state index contributed by atoms with van der Waals surface area (Å²) in [6, 6.07) is 58.9. The van der Waals surface area contributed by atoms with Crippen LogP contribution in [-0.4, -0.2) is 36.3 Å². The topological polar surface area (TPSA) is 93.5 Å². The summed E-state index contributed by atoms with van der Waals surface area (Å²) < 4.78 is 187. The number of thioether (sulfide) groups is 1. The number of methoxy groups -OCH3 is 1. The molecule has 0 bridgehead atoms. The van der Waals surface area contributed by atoms with Crippen LogP contribution in [0, 0.1) is 52.1 Å². The van der Waals surface area contributed by atoms with E-state index < -0.39 is 68.0 Å². The zero-order chi connectivity index (χ0) is 97.8. The van der Waals surface area contributed by atoms with Gasteiger partial charge in [0.2, 0.25) is 0 Å². The molecule has 0 saturated heterocycles. The Hall–Kier alpha value is -10.7. The van der Waals surface area contributed by atoms with Crippen LogP contribution in [0.25, 0.3) is 66.8 Å².